The zero-order valence-corrected chi connectivity index (χ0v) is 9.87. The molecule has 16 heavy (non-hydrogen) atoms. The molecule has 5 N–H and O–H groups in total. The minimum absolute atomic E-state index is 0.127. The first kappa shape index (κ1) is 12.2. The van der Waals surface area contributed by atoms with Crippen LogP contribution in [0, 0.1) is 0 Å². The summed E-state index contributed by atoms with van der Waals surface area (Å²) in [5, 5.41) is 33.0. The maximum absolute atomic E-state index is 9.98. The molecule has 0 aromatic rings. The molecule has 1 rings (SSSR count). The summed E-state index contributed by atoms with van der Waals surface area (Å²) in [5.74, 6) is 0. The Morgan fingerprint density at radius 3 is 2.75 bits per heavy atom. The molecule has 1 aliphatic rings. The number of likely N-dealkylation sites (N-methyl/N-ethyl adjacent to an activating group) is 1. The van der Waals surface area contributed by atoms with Gasteiger partial charge >= 0.3 is 0 Å². The molecular weight excluding hydrogens is 210 g/mol. The van der Waals surface area contributed by atoms with E-state index in [1.165, 1.54) is 0 Å². The number of aliphatic hydroxyl groups is 3. The van der Waals surface area contributed by atoms with Crippen LogP contribution in [0.4, 0.5) is 0 Å². The van der Waals surface area contributed by atoms with E-state index in [0.29, 0.717) is 6.54 Å². The van der Waals surface area contributed by atoms with Gasteiger partial charge in [-0.05, 0) is 14.1 Å². The molecule has 1 aliphatic heterocycles. The first-order valence-corrected chi connectivity index (χ1v) is 5.58. The van der Waals surface area contributed by atoms with Crippen molar-refractivity contribution in [2.75, 3.05) is 40.3 Å². The van der Waals surface area contributed by atoms with E-state index >= 15 is 0 Å². The van der Waals surface area contributed by atoms with E-state index in [4.69, 9.17) is 6.52 Å². The third-order valence-corrected chi connectivity index (χ3v) is 2.83. The molecule has 0 spiro atoms. The molecule has 1 saturated heterocycles. The van der Waals surface area contributed by atoms with E-state index in [2.05, 4.69) is 5.32 Å². The van der Waals surface area contributed by atoms with Crippen molar-refractivity contribution in [3.05, 3.63) is 0 Å². The fourth-order valence-corrected chi connectivity index (χ4v) is 1.81. The number of hydrogen-bond donors (Lipinski definition) is 5. The maximum atomic E-state index is 9.98. The molecule has 0 aliphatic carbocycles. The Morgan fingerprint density at radius 2 is 2.19 bits per heavy atom. The molecule has 1 heterocycles. The molecule has 1 fully saturated rings. The molecule has 0 aromatic heterocycles. The Bertz CT molecular complexity index is 233. The molecule has 0 amide bonds. The van der Waals surface area contributed by atoms with Gasteiger partial charge in [-0.2, -0.15) is 0 Å². The average molecular weight is 234 g/mol. The second kappa shape index (κ2) is 6.48. The molecule has 96 valence electrons. The summed E-state index contributed by atoms with van der Waals surface area (Å²) in [7, 11) is 3.88. The van der Waals surface area contributed by atoms with Crippen molar-refractivity contribution in [1.29, 1.82) is 0 Å². The normalized spacial score (nSPS) is 37.8. The predicted octanol–water partition coefficient (Wildman–Crippen LogP) is -2.81. The predicted molar refractivity (Wildman–Crippen MR) is 61.2 cm³/mol. The highest BCUT2D eigenvalue weighted by atomic mass is 16.3. The van der Waals surface area contributed by atoms with Gasteiger partial charge in [0.05, 0.1) is 30.9 Å². The first-order chi connectivity index (χ1) is 7.97. The maximum Gasteiger partial charge on any atom is 0.123 e. The highest BCUT2D eigenvalue weighted by Gasteiger charge is 2.36. The molecule has 0 unspecified atom stereocenters. The van der Waals surface area contributed by atoms with Gasteiger partial charge < -0.3 is 30.8 Å². The molecule has 0 saturated carbocycles. The van der Waals surface area contributed by atoms with Gasteiger partial charge in [0.25, 0.3) is 0 Å². The number of nitrogens with zero attached hydrogens (tertiary/aromatic N) is 1. The molecule has 0 aromatic carbocycles. The van der Waals surface area contributed by atoms with Crippen molar-refractivity contribution >= 4 is 0 Å². The zero-order valence-electron chi connectivity index (χ0n) is 10.9. The summed E-state index contributed by atoms with van der Waals surface area (Å²) in [6.07, 6.45) is -1.74. The summed E-state index contributed by atoms with van der Waals surface area (Å²) < 4.78 is 7.54. The summed E-state index contributed by atoms with van der Waals surface area (Å²) in [5.41, 5.74) is 0. The van der Waals surface area contributed by atoms with Gasteiger partial charge in [-0.1, -0.05) is 0 Å². The molecule has 6 nitrogen and oxygen atoms in total. The smallest absolute Gasteiger partial charge is 0.123 e. The standard InChI is InChI=1S/C10H23N3O3/c1-13(2)4-3-11-9-8(15)5-12-7(6-14)10(9)16/h7-12,14-16H,3-6H2,1-2H3/t7-,8-,9+,10-/m1/s1/i/hD. The fourth-order valence-electron chi connectivity index (χ4n) is 1.81. The van der Waals surface area contributed by atoms with Crippen LogP contribution in [0.2, 0.25) is 1.41 Å². The molecule has 4 atom stereocenters. The second-order valence-corrected chi connectivity index (χ2v) is 4.46. The average Bonchev–Trinajstić information content (AvgIpc) is 2.22. The lowest BCUT2D eigenvalue weighted by Crippen LogP contribution is -2.65. The van der Waals surface area contributed by atoms with Crippen molar-refractivity contribution in [2.45, 2.75) is 24.3 Å². The Kier molecular flexibility index (Phi) is 4.95. The van der Waals surface area contributed by atoms with E-state index in [-0.39, 0.29) is 13.2 Å². The molecular formula is C10H23N3O3. The first-order valence-electron chi connectivity index (χ1n) is 6.02. The van der Waals surface area contributed by atoms with Crippen LogP contribution in [0.1, 0.15) is 0 Å². The third-order valence-electron chi connectivity index (χ3n) is 2.83. The summed E-state index contributed by atoms with van der Waals surface area (Å²) in [6.45, 7) is 1.28. The summed E-state index contributed by atoms with van der Waals surface area (Å²) >= 11 is 0. The van der Waals surface area contributed by atoms with Gasteiger partial charge in [0.2, 0.25) is 0 Å². The summed E-state index contributed by atoms with van der Waals surface area (Å²) in [6, 6.07) is -1.14. The van der Waals surface area contributed by atoms with Gasteiger partial charge in [-0.25, -0.2) is 0 Å². The molecule has 0 bridgehead atoms. The van der Waals surface area contributed by atoms with Gasteiger partial charge in [-0.3, -0.25) is 0 Å². The molecule has 0 radical (unpaired) electrons. The van der Waals surface area contributed by atoms with E-state index in [1.54, 1.807) is 0 Å². The van der Waals surface area contributed by atoms with E-state index in [0.717, 1.165) is 11.9 Å². The Balaban J connectivity index is 2.51. The Hall–Kier alpha value is -0.240. The number of piperidine rings is 1. The minimum atomic E-state index is -0.941. The second-order valence-electron chi connectivity index (χ2n) is 4.46. The Labute approximate surface area is 97.7 Å². The number of aliphatic hydroxyl groups excluding tert-OH is 3. The lowest BCUT2D eigenvalue weighted by molar-refractivity contribution is -0.0261. The summed E-state index contributed by atoms with van der Waals surface area (Å²) in [4.78, 5) is 1.99. The minimum Gasteiger partial charge on any atom is -0.395 e. The Morgan fingerprint density at radius 1 is 1.50 bits per heavy atom. The zero-order chi connectivity index (χ0) is 13.0. The molecule has 6 heteroatoms. The number of nitrogens with one attached hydrogen (secondary N) is 2. The van der Waals surface area contributed by atoms with Crippen LogP contribution < -0.4 is 10.6 Å². The number of hydrogen-bond acceptors (Lipinski definition) is 6. The SMILES string of the molecule is [2H]N1C[C@@H](O)[C@H](NCCN(C)C)[C@H](O)[C@H]1CO. The largest absolute Gasteiger partial charge is 0.395 e. The van der Waals surface area contributed by atoms with Crippen molar-refractivity contribution in [3.8, 4) is 0 Å². The van der Waals surface area contributed by atoms with Gasteiger partial charge in [0.1, 0.15) is 1.41 Å². The monoisotopic (exact) mass is 234 g/mol. The number of β-amino-alcohol motifs (C(OH)–C–C–N with tert-alkyl or cyclic N) is 1. The third kappa shape index (κ3) is 3.65. The highest BCUT2D eigenvalue weighted by molar-refractivity contribution is 4.96. The van der Waals surface area contributed by atoms with Crippen molar-refractivity contribution in [3.63, 3.8) is 0 Å². The van der Waals surface area contributed by atoms with Crippen LogP contribution >= 0.6 is 0 Å². The van der Waals surface area contributed by atoms with Crippen LogP contribution in [-0.4, -0.2) is 84.8 Å². The van der Waals surface area contributed by atoms with E-state index < -0.39 is 24.3 Å². The van der Waals surface area contributed by atoms with E-state index in [9.17, 15) is 10.2 Å². The van der Waals surface area contributed by atoms with Crippen LogP contribution in [-0.2, 0) is 0 Å². The van der Waals surface area contributed by atoms with Gasteiger partial charge in [0.15, 0.2) is 0 Å². The van der Waals surface area contributed by atoms with E-state index in [1.807, 2.05) is 19.0 Å². The highest BCUT2D eigenvalue weighted by Crippen LogP contribution is 2.10. The van der Waals surface area contributed by atoms with Crippen molar-refractivity contribution in [1.82, 2.24) is 15.5 Å². The van der Waals surface area contributed by atoms with Crippen LogP contribution in [0.25, 0.3) is 0 Å². The number of rotatable bonds is 5. The lowest BCUT2D eigenvalue weighted by Gasteiger charge is -2.38. The van der Waals surface area contributed by atoms with Gasteiger partial charge in [0, 0.05) is 19.6 Å². The lowest BCUT2D eigenvalue weighted by atomic mass is 9.94. The van der Waals surface area contributed by atoms with Crippen LogP contribution in [0.5, 0.6) is 0 Å². The topological polar surface area (TPSA) is 88.0 Å². The van der Waals surface area contributed by atoms with Crippen molar-refractivity contribution in [2.24, 2.45) is 0 Å². The van der Waals surface area contributed by atoms with Crippen LogP contribution in [0.15, 0.2) is 0 Å². The fraction of sp³-hybridized carbons (Fsp3) is 1.00. The quantitative estimate of drug-likeness (QED) is 0.353. The van der Waals surface area contributed by atoms with Crippen LogP contribution in [0.3, 0.4) is 0 Å². The van der Waals surface area contributed by atoms with Gasteiger partial charge in [-0.15, -0.1) is 0 Å². The van der Waals surface area contributed by atoms with Crippen molar-refractivity contribution < 1.29 is 16.7 Å².